The summed E-state index contributed by atoms with van der Waals surface area (Å²) in [7, 11) is -7.77. The number of halogens is 13. The number of hydrogen-bond acceptors (Lipinski definition) is 6. The molecular weight excluding hydrogens is 961 g/mol. The maximum Gasteiger partial charge on any atom is 0.246 e. The fraction of sp³-hybridized carbons (Fsp3) is 0.0769. The van der Waals surface area contributed by atoms with E-state index >= 15 is 0 Å². The number of ether oxygens (including phenoxy) is 2. The Morgan fingerprint density at radius 2 is 0.918 bits per heavy atom. The molecule has 0 heterocycles. The van der Waals surface area contributed by atoms with E-state index in [0.717, 1.165) is 0 Å². The molecule has 0 saturated carbocycles. The zero-order valence-corrected chi connectivity index (χ0v) is 34.6. The van der Waals surface area contributed by atoms with Crippen LogP contribution in [0.3, 0.4) is 0 Å². The van der Waals surface area contributed by atoms with Crippen molar-refractivity contribution in [3.05, 3.63) is 97.7 Å². The fourth-order valence-electron chi connectivity index (χ4n) is 3.27. The van der Waals surface area contributed by atoms with Crippen molar-refractivity contribution in [1.82, 2.24) is 0 Å². The van der Waals surface area contributed by atoms with Gasteiger partial charge in [0.1, 0.15) is 37.7 Å². The molecule has 0 bridgehead atoms. The molecule has 0 aromatic heterocycles. The van der Waals surface area contributed by atoms with Gasteiger partial charge < -0.3 is 9.47 Å². The maximum atomic E-state index is 11.8. The third-order valence-corrected chi connectivity index (χ3v) is 12.8. The van der Waals surface area contributed by atoms with Gasteiger partial charge in [0.15, 0.2) is 11.5 Å². The van der Waals surface area contributed by atoms with Crippen LogP contribution < -0.4 is 18.9 Å². The zero-order valence-electron chi connectivity index (χ0n) is 23.1. The summed E-state index contributed by atoms with van der Waals surface area (Å²) in [6.45, 7) is 0. The Labute approximate surface area is 345 Å². The molecule has 0 aliphatic rings. The first-order valence-electron chi connectivity index (χ1n) is 12.1. The third-order valence-electron chi connectivity index (χ3n) is 5.36. The lowest BCUT2D eigenvalue weighted by atomic mass is 10.3. The van der Waals surface area contributed by atoms with E-state index in [9.17, 15) is 16.8 Å². The van der Waals surface area contributed by atoms with Gasteiger partial charge in [-0.25, -0.2) is 16.8 Å². The average Bonchev–Trinajstić information content (AvgIpc) is 3.03. The number of nitrogens with one attached hydrogen (secondary N) is 2. The largest absolute Gasteiger partial charge is 0.452 e. The highest BCUT2D eigenvalue weighted by molar-refractivity contribution is 7.94. The van der Waals surface area contributed by atoms with Gasteiger partial charge >= 0.3 is 0 Å². The van der Waals surface area contributed by atoms with E-state index in [1.807, 2.05) is 0 Å². The molecule has 0 amide bonds. The minimum Gasteiger partial charge on any atom is -0.452 e. The van der Waals surface area contributed by atoms with Gasteiger partial charge in [0.2, 0.25) is 20.0 Å². The van der Waals surface area contributed by atoms with Gasteiger partial charge in [0.25, 0.3) is 0 Å². The van der Waals surface area contributed by atoms with Gasteiger partial charge in [-0.2, -0.15) is 0 Å². The summed E-state index contributed by atoms with van der Waals surface area (Å²) in [5.74, 6) is 0.0457. The minimum atomic E-state index is -3.94. The first-order valence-corrected chi connectivity index (χ1v) is 20.7. The molecular formula is C26H13Cl13N2O6S2. The van der Waals surface area contributed by atoms with Gasteiger partial charge in [0, 0.05) is 10.0 Å². The fourth-order valence-corrected chi connectivity index (χ4v) is 7.20. The zero-order chi connectivity index (χ0) is 37.0. The summed E-state index contributed by atoms with van der Waals surface area (Å²) >= 11 is 76.8. The van der Waals surface area contributed by atoms with Crippen LogP contribution in [0.15, 0.2) is 42.5 Å². The molecule has 0 saturated heterocycles. The number of sulfonamides is 2. The number of benzene rings is 4. The van der Waals surface area contributed by atoms with Gasteiger partial charge in [-0.3, -0.25) is 9.44 Å². The monoisotopic (exact) mass is 968 g/mol. The van der Waals surface area contributed by atoms with Crippen molar-refractivity contribution >= 4 is 182 Å². The van der Waals surface area contributed by atoms with Crippen LogP contribution in [-0.4, -0.2) is 27.3 Å². The van der Waals surface area contributed by atoms with Gasteiger partial charge in [0.05, 0.1) is 40.8 Å². The predicted molar refractivity (Wildman–Crippen MR) is 208 cm³/mol. The Morgan fingerprint density at radius 3 is 1.39 bits per heavy atom. The smallest absolute Gasteiger partial charge is 0.246 e. The van der Waals surface area contributed by atoms with Crippen molar-refractivity contribution in [2.75, 3.05) is 19.9 Å². The van der Waals surface area contributed by atoms with Crippen LogP contribution in [0.1, 0.15) is 0 Å². The van der Waals surface area contributed by atoms with Crippen LogP contribution in [0.25, 0.3) is 0 Å². The van der Waals surface area contributed by atoms with Crippen LogP contribution in [-0.2, 0) is 20.0 Å². The molecule has 0 spiro atoms. The summed E-state index contributed by atoms with van der Waals surface area (Å²) in [4.78, 5) is 0. The van der Waals surface area contributed by atoms with Crippen molar-refractivity contribution in [1.29, 1.82) is 0 Å². The van der Waals surface area contributed by atoms with Crippen molar-refractivity contribution in [3.63, 3.8) is 0 Å². The van der Waals surface area contributed by atoms with E-state index in [2.05, 4.69) is 9.44 Å². The minimum absolute atomic E-state index is 0.00718. The third kappa shape index (κ3) is 11.4. The Balaban J connectivity index is 0.000000266. The lowest BCUT2D eigenvalue weighted by molar-refractivity contribution is 0.485. The van der Waals surface area contributed by atoms with E-state index in [0.29, 0.717) is 10.0 Å². The van der Waals surface area contributed by atoms with E-state index in [1.54, 1.807) is 0 Å². The number of rotatable bonds is 10. The molecule has 2 N–H and O–H groups in total. The molecule has 0 aliphatic carbocycles. The summed E-state index contributed by atoms with van der Waals surface area (Å²) < 4.78 is 62.7. The van der Waals surface area contributed by atoms with Crippen LogP contribution >= 0.6 is 151 Å². The quantitative estimate of drug-likeness (QED) is 0.0930. The topological polar surface area (TPSA) is 111 Å². The van der Waals surface area contributed by atoms with E-state index in [1.165, 1.54) is 42.5 Å². The van der Waals surface area contributed by atoms with Gasteiger partial charge in [-0.05, 0) is 42.5 Å². The van der Waals surface area contributed by atoms with Crippen LogP contribution in [0.5, 0.6) is 23.0 Å². The molecule has 8 nitrogen and oxygen atoms in total. The molecule has 4 aromatic carbocycles. The molecule has 0 radical (unpaired) electrons. The number of alkyl halides is 2. The predicted octanol–water partition coefficient (Wildman–Crippen LogP) is 14.0. The van der Waals surface area contributed by atoms with Crippen molar-refractivity contribution in [2.24, 2.45) is 0 Å². The summed E-state index contributed by atoms with van der Waals surface area (Å²) in [6.07, 6.45) is 0. The Bertz CT molecular complexity index is 2120. The molecule has 0 unspecified atom stereocenters. The second kappa shape index (κ2) is 18.2. The first kappa shape index (κ1) is 43.2. The van der Waals surface area contributed by atoms with Crippen LogP contribution in [0.2, 0.25) is 55.2 Å². The molecule has 23 heteroatoms. The standard InChI is InChI=1S/C13H6Cl7NO3S.C13H7Cl6NO3S/c14-4-25(22,23)21-12-10(19)8(17)9(18)11(20)13(12)24-7-2-1-5(15)3-6(7)16;14-5-24(21,22)20-9-4-8(17)11(18)12(19)13(9)23-10-2-1-6(15)3-7(10)16/h1-3,21H,4H2;1-4,20H,5H2. The Hall–Kier alpha value is -0.250. The normalized spacial score (nSPS) is 11.4. The summed E-state index contributed by atoms with van der Waals surface area (Å²) in [6, 6.07) is 10.1. The van der Waals surface area contributed by atoms with Crippen LogP contribution in [0, 0.1) is 0 Å². The highest BCUT2D eigenvalue weighted by Gasteiger charge is 2.26. The first-order chi connectivity index (χ1) is 22.7. The molecule has 266 valence electrons. The van der Waals surface area contributed by atoms with Crippen LogP contribution in [0.4, 0.5) is 11.4 Å². The molecule has 0 aliphatic heterocycles. The second-order valence-corrected chi connectivity index (χ2v) is 17.8. The molecule has 0 atom stereocenters. The maximum absolute atomic E-state index is 11.8. The second-order valence-electron chi connectivity index (χ2n) is 8.83. The van der Waals surface area contributed by atoms with E-state index in [4.69, 9.17) is 160 Å². The Kier molecular flexibility index (Phi) is 16.0. The number of hydrogen-bond donors (Lipinski definition) is 2. The Morgan fingerprint density at radius 1 is 0.490 bits per heavy atom. The van der Waals surface area contributed by atoms with E-state index < -0.39 is 30.5 Å². The highest BCUT2D eigenvalue weighted by atomic mass is 35.5. The van der Waals surface area contributed by atoms with Crippen molar-refractivity contribution in [3.8, 4) is 23.0 Å². The van der Waals surface area contributed by atoms with Crippen molar-refractivity contribution < 1.29 is 26.3 Å². The molecule has 0 fully saturated rings. The number of anilines is 2. The molecule has 4 aromatic rings. The van der Waals surface area contributed by atoms with Gasteiger partial charge in [-0.15, -0.1) is 23.2 Å². The summed E-state index contributed by atoms with van der Waals surface area (Å²) in [5, 5.41) is -1.04. The lowest BCUT2D eigenvalue weighted by Crippen LogP contribution is -2.14. The van der Waals surface area contributed by atoms with Crippen molar-refractivity contribution in [2.45, 2.75) is 0 Å². The average molecular weight is 974 g/mol. The van der Waals surface area contributed by atoms with Gasteiger partial charge in [-0.1, -0.05) is 128 Å². The lowest BCUT2D eigenvalue weighted by Gasteiger charge is -2.18. The molecule has 49 heavy (non-hydrogen) atoms. The SMILES string of the molecule is O=S(=O)(CCl)Nc1c(Cl)c(Cl)c(Cl)c(Cl)c1Oc1ccc(Cl)cc1Cl.O=S(=O)(CCl)Nc1cc(Cl)c(Cl)c(Cl)c1Oc1ccc(Cl)cc1Cl. The molecule has 4 rings (SSSR count). The highest BCUT2D eigenvalue weighted by Crippen LogP contribution is 2.51. The summed E-state index contributed by atoms with van der Waals surface area (Å²) in [5.41, 5.74) is -0.270. The van der Waals surface area contributed by atoms with E-state index in [-0.39, 0.29) is 79.6 Å².